The number of benzene rings is 1. The molecule has 6 heteroatoms. The van der Waals surface area contributed by atoms with Crippen LogP contribution in [0.5, 0.6) is 0 Å². The Hall–Kier alpha value is -2.24. The van der Waals surface area contributed by atoms with E-state index in [1.165, 1.54) is 12.5 Å². The van der Waals surface area contributed by atoms with Gasteiger partial charge in [0.05, 0.1) is 6.42 Å². The Bertz CT molecular complexity index is 683. The lowest BCUT2D eigenvalue weighted by molar-refractivity contribution is -0.120. The van der Waals surface area contributed by atoms with E-state index in [1.807, 2.05) is 0 Å². The van der Waals surface area contributed by atoms with Crippen molar-refractivity contribution in [2.45, 2.75) is 45.1 Å². The number of nitrogens with zero attached hydrogens (tertiary/aromatic N) is 3. The fourth-order valence-electron chi connectivity index (χ4n) is 2.92. The Kier molecular flexibility index (Phi) is 5.00. The highest BCUT2D eigenvalue weighted by Crippen LogP contribution is 2.14. The normalized spacial score (nSPS) is 14.1. The molecular weight excluding hydrogens is 295 g/mol. The summed E-state index contributed by atoms with van der Waals surface area (Å²) < 4.78 is 15.7. The van der Waals surface area contributed by atoms with E-state index in [4.69, 9.17) is 0 Å². The van der Waals surface area contributed by atoms with Gasteiger partial charge in [-0.2, -0.15) is 0 Å². The third kappa shape index (κ3) is 3.94. The predicted molar refractivity (Wildman–Crippen MR) is 84.4 cm³/mol. The molecule has 1 amide bonds. The van der Waals surface area contributed by atoms with Crippen molar-refractivity contribution in [1.29, 1.82) is 0 Å². The van der Waals surface area contributed by atoms with Crippen molar-refractivity contribution in [1.82, 2.24) is 20.1 Å². The molecule has 5 nitrogen and oxygen atoms in total. The van der Waals surface area contributed by atoms with Crippen molar-refractivity contribution in [2.24, 2.45) is 0 Å². The number of nitrogens with one attached hydrogen (secondary N) is 1. The summed E-state index contributed by atoms with van der Waals surface area (Å²) >= 11 is 0. The standard InChI is InChI=1S/C17H21FN4O/c18-14-7-4-3-6-13(14)12-17(23)19-10-9-16-21-20-15-8-2-1-5-11-22(15)16/h3-4,6-7H,1-2,5,8-12H2,(H,19,23). The van der Waals surface area contributed by atoms with Gasteiger partial charge in [-0.05, 0) is 24.5 Å². The fraction of sp³-hybridized carbons (Fsp3) is 0.471. The van der Waals surface area contributed by atoms with Gasteiger partial charge in [0.25, 0.3) is 0 Å². The van der Waals surface area contributed by atoms with Crippen LogP contribution in [0, 0.1) is 5.82 Å². The molecule has 1 aliphatic heterocycles. The zero-order valence-electron chi connectivity index (χ0n) is 13.1. The summed E-state index contributed by atoms with van der Waals surface area (Å²) in [4.78, 5) is 11.9. The van der Waals surface area contributed by atoms with Crippen molar-refractivity contribution in [3.8, 4) is 0 Å². The van der Waals surface area contributed by atoms with Crippen LogP contribution in [0.3, 0.4) is 0 Å². The predicted octanol–water partition coefficient (Wildman–Crippen LogP) is 2.04. The lowest BCUT2D eigenvalue weighted by Crippen LogP contribution is -2.28. The average Bonchev–Trinajstić information content (AvgIpc) is 2.78. The van der Waals surface area contributed by atoms with E-state index in [0.717, 1.165) is 37.5 Å². The van der Waals surface area contributed by atoms with Crippen molar-refractivity contribution in [3.05, 3.63) is 47.3 Å². The summed E-state index contributed by atoms with van der Waals surface area (Å²) in [5.41, 5.74) is 0.418. The minimum Gasteiger partial charge on any atom is -0.355 e. The van der Waals surface area contributed by atoms with Gasteiger partial charge < -0.3 is 9.88 Å². The summed E-state index contributed by atoms with van der Waals surface area (Å²) in [5.74, 6) is 1.46. The van der Waals surface area contributed by atoms with Crippen LogP contribution in [-0.2, 0) is 30.6 Å². The second-order valence-corrected chi connectivity index (χ2v) is 5.86. The minimum atomic E-state index is -0.342. The second-order valence-electron chi connectivity index (χ2n) is 5.86. The van der Waals surface area contributed by atoms with Crippen LogP contribution in [0.4, 0.5) is 4.39 Å². The first-order valence-corrected chi connectivity index (χ1v) is 8.15. The summed E-state index contributed by atoms with van der Waals surface area (Å²) in [6.07, 6.45) is 5.23. The number of rotatable bonds is 5. The zero-order valence-corrected chi connectivity index (χ0v) is 13.1. The molecule has 1 aromatic carbocycles. The first-order chi connectivity index (χ1) is 11.2. The molecule has 0 radical (unpaired) electrons. The highest BCUT2D eigenvalue weighted by Gasteiger charge is 2.14. The van der Waals surface area contributed by atoms with E-state index in [9.17, 15) is 9.18 Å². The largest absolute Gasteiger partial charge is 0.355 e. The number of carbonyl (C=O) groups is 1. The van der Waals surface area contributed by atoms with E-state index in [2.05, 4.69) is 20.1 Å². The van der Waals surface area contributed by atoms with Crippen LogP contribution in [0.15, 0.2) is 24.3 Å². The molecule has 23 heavy (non-hydrogen) atoms. The Morgan fingerprint density at radius 1 is 1.22 bits per heavy atom. The number of hydrogen-bond donors (Lipinski definition) is 1. The molecule has 0 unspecified atom stereocenters. The van der Waals surface area contributed by atoms with E-state index in [1.54, 1.807) is 18.2 Å². The minimum absolute atomic E-state index is 0.0601. The highest BCUT2D eigenvalue weighted by molar-refractivity contribution is 5.78. The van der Waals surface area contributed by atoms with Crippen LogP contribution in [0.25, 0.3) is 0 Å². The van der Waals surface area contributed by atoms with Gasteiger partial charge in [0, 0.05) is 25.9 Å². The highest BCUT2D eigenvalue weighted by atomic mass is 19.1. The molecule has 3 rings (SSSR count). The van der Waals surface area contributed by atoms with Gasteiger partial charge in [0.2, 0.25) is 5.91 Å². The third-order valence-electron chi connectivity index (χ3n) is 4.17. The van der Waals surface area contributed by atoms with Gasteiger partial charge in [-0.1, -0.05) is 24.6 Å². The van der Waals surface area contributed by atoms with Gasteiger partial charge in [-0.3, -0.25) is 4.79 Å². The number of fused-ring (bicyclic) bond motifs is 1. The molecule has 0 fully saturated rings. The topological polar surface area (TPSA) is 59.8 Å². The summed E-state index contributed by atoms with van der Waals surface area (Å²) in [6, 6.07) is 6.35. The van der Waals surface area contributed by atoms with Gasteiger partial charge in [-0.25, -0.2) is 4.39 Å². The molecule has 0 atom stereocenters. The number of aryl methyl sites for hydroxylation is 1. The van der Waals surface area contributed by atoms with Gasteiger partial charge in [-0.15, -0.1) is 10.2 Å². The Morgan fingerprint density at radius 3 is 2.96 bits per heavy atom. The molecule has 0 aliphatic carbocycles. The SMILES string of the molecule is O=C(Cc1ccccc1F)NCCc1nnc2n1CCCCC2. The van der Waals surface area contributed by atoms with Gasteiger partial charge in [0.15, 0.2) is 0 Å². The maximum atomic E-state index is 13.5. The Morgan fingerprint density at radius 2 is 2.09 bits per heavy atom. The lowest BCUT2D eigenvalue weighted by atomic mass is 10.1. The fourth-order valence-corrected chi connectivity index (χ4v) is 2.92. The molecule has 0 spiro atoms. The summed E-state index contributed by atoms with van der Waals surface area (Å²) in [7, 11) is 0. The van der Waals surface area contributed by atoms with Crippen molar-refractivity contribution < 1.29 is 9.18 Å². The summed E-state index contributed by atoms with van der Waals surface area (Å²) in [6.45, 7) is 1.45. The first kappa shape index (κ1) is 15.6. The van der Waals surface area contributed by atoms with Crippen molar-refractivity contribution in [3.63, 3.8) is 0 Å². The van der Waals surface area contributed by atoms with E-state index < -0.39 is 0 Å². The van der Waals surface area contributed by atoms with E-state index in [-0.39, 0.29) is 18.1 Å². The van der Waals surface area contributed by atoms with Crippen LogP contribution in [0.1, 0.15) is 36.5 Å². The van der Waals surface area contributed by atoms with Crippen molar-refractivity contribution in [2.75, 3.05) is 6.54 Å². The molecule has 1 aliphatic rings. The number of aromatic nitrogens is 3. The Balaban J connectivity index is 1.51. The monoisotopic (exact) mass is 316 g/mol. The number of amides is 1. The smallest absolute Gasteiger partial charge is 0.224 e. The molecule has 0 saturated heterocycles. The number of halogens is 1. The molecule has 2 heterocycles. The molecular formula is C17H21FN4O. The average molecular weight is 316 g/mol. The van der Waals surface area contributed by atoms with Gasteiger partial charge >= 0.3 is 0 Å². The van der Waals surface area contributed by atoms with Crippen LogP contribution >= 0.6 is 0 Å². The number of carbonyl (C=O) groups excluding carboxylic acids is 1. The molecule has 0 saturated carbocycles. The van der Waals surface area contributed by atoms with Crippen molar-refractivity contribution >= 4 is 5.91 Å². The first-order valence-electron chi connectivity index (χ1n) is 8.15. The van der Waals surface area contributed by atoms with Gasteiger partial charge in [0.1, 0.15) is 17.5 Å². The maximum Gasteiger partial charge on any atom is 0.224 e. The molecule has 1 N–H and O–H groups in total. The molecule has 122 valence electrons. The molecule has 2 aromatic rings. The summed E-state index contributed by atoms with van der Waals surface area (Å²) in [5, 5.41) is 11.3. The third-order valence-corrected chi connectivity index (χ3v) is 4.17. The van der Waals surface area contributed by atoms with E-state index in [0.29, 0.717) is 18.5 Å². The van der Waals surface area contributed by atoms with E-state index >= 15 is 0 Å². The number of hydrogen-bond acceptors (Lipinski definition) is 3. The van der Waals surface area contributed by atoms with Crippen LogP contribution in [0.2, 0.25) is 0 Å². The lowest BCUT2D eigenvalue weighted by Gasteiger charge is -2.08. The molecule has 0 bridgehead atoms. The zero-order chi connectivity index (χ0) is 16.1. The molecule has 1 aromatic heterocycles. The second kappa shape index (κ2) is 7.35. The van der Waals surface area contributed by atoms with Crippen LogP contribution < -0.4 is 5.32 Å². The van der Waals surface area contributed by atoms with Crippen LogP contribution in [-0.4, -0.2) is 27.2 Å². The maximum absolute atomic E-state index is 13.5. The quantitative estimate of drug-likeness (QED) is 0.918. The Labute approximate surface area is 134 Å².